The number of halogens is 1. The molecule has 0 unspecified atom stereocenters. The summed E-state index contributed by atoms with van der Waals surface area (Å²) in [6.45, 7) is 0.984. The van der Waals surface area contributed by atoms with Crippen molar-refractivity contribution < 1.29 is 9.18 Å². The van der Waals surface area contributed by atoms with Gasteiger partial charge in [0.1, 0.15) is 18.2 Å². The largest absolute Gasteiger partial charge is 0.334 e. The van der Waals surface area contributed by atoms with E-state index in [0.717, 1.165) is 42.8 Å². The first-order valence-electron chi connectivity index (χ1n) is 9.34. The summed E-state index contributed by atoms with van der Waals surface area (Å²) in [5.41, 5.74) is 1.99. The van der Waals surface area contributed by atoms with Crippen molar-refractivity contribution in [2.24, 2.45) is 0 Å². The number of carbonyl (C=O) groups is 1. The Kier molecular flexibility index (Phi) is 5.01. The van der Waals surface area contributed by atoms with Crippen LogP contribution in [0, 0.1) is 5.82 Å². The van der Waals surface area contributed by atoms with Gasteiger partial charge in [-0.25, -0.2) is 9.37 Å². The Morgan fingerprint density at radius 1 is 1.07 bits per heavy atom. The number of carbonyl (C=O) groups excluding carboxylic acids is 1. The highest BCUT2D eigenvalue weighted by atomic mass is 19.1. The van der Waals surface area contributed by atoms with Gasteiger partial charge < -0.3 is 9.47 Å². The first-order valence-corrected chi connectivity index (χ1v) is 9.34. The fourth-order valence-electron chi connectivity index (χ4n) is 3.78. The maximum atomic E-state index is 13.3. The van der Waals surface area contributed by atoms with Crippen LogP contribution in [0.1, 0.15) is 30.9 Å². The Hall–Kier alpha value is -2.95. The molecule has 1 fully saturated rings. The molecule has 5 heteroatoms. The van der Waals surface area contributed by atoms with Gasteiger partial charge in [-0.3, -0.25) is 4.79 Å². The van der Waals surface area contributed by atoms with Gasteiger partial charge in [0, 0.05) is 24.5 Å². The fraction of sp³-hybridized carbons (Fsp3) is 0.273. The van der Waals surface area contributed by atoms with Gasteiger partial charge in [0.2, 0.25) is 5.91 Å². The number of nitrogens with zero attached hydrogens (tertiary/aromatic N) is 3. The van der Waals surface area contributed by atoms with Gasteiger partial charge in [0.25, 0.3) is 0 Å². The molecule has 0 spiro atoms. The minimum atomic E-state index is -0.252. The van der Waals surface area contributed by atoms with E-state index in [4.69, 9.17) is 0 Å². The molecular weight excluding hydrogens is 341 g/mol. The number of imidazole rings is 1. The molecule has 2 heterocycles. The third-order valence-corrected chi connectivity index (χ3v) is 5.13. The molecular formula is C22H22FN3O. The van der Waals surface area contributed by atoms with Crippen molar-refractivity contribution in [2.75, 3.05) is 6.54 Å². The number of benzene rings is 2. The Bertz CT molecular complexity index is 905. The van der Waals surface area contributed by atoms with E-state index < -0.39 is 0 Å². The second-order valence-corrected chi connectivity index (χ2v) is 6.90. The summed E-state index contributed by atoms with van der Waals surface area (Å²) in [5.74, 6) is 0.608. The quantitative estimate of drug-likeness (QED) is 0.687. The van der Waals surface area contributed by atoms with E-state index in [1.165, 1.54) is 12.1 Å². The zero-order valence-electron chi connectivity index (χ0n) is 15.1. The van der Waals surface area contributed by atoms with E-state index >= 15 is 0 Å². The summed E-state index contributed by atoms with van der Waals surface area (Å²) >= 11 is 0. The summed E-state index contributed by atoms with van der Waals surface area (Å²) in [4.78, 5) is 19.5. The maximum absolute atomic E-state index is 13.3. The topological polar surface area (TPSA) is 38.1 Å². The normalized spacial score (nSPS) is 17.1. The predicted octanol–water partition coefficient (Wildman–Crippen LogP) is 4.44. The third kappa shape index (κ3) is 3.77. The van der Waals surface area contributed by atoms with Crippen molar-refractivity contribution in [1.29, 1.82) is 0 Å². The highest BCUT2D eigenvalue weighted by Gasteiger charge is 2.28. The van der Waals surface area contributed by atoms with Crippen molar-refractivity contribution in [3.8, 4) is 11.4 Å². The Labute approximate surface area is 158 Å². The van der Waals surface area contributed by atoms with Gasteiger partial charge in [-0.15, -0.1) is 0 Å². The lowest BCUT2D eigenvalue weighted by atomic mass is 9.95. The van der Waals surface area contributed by atoms with Crippen LogP contribution in [0.5, 0.6) is 0 Å². The lowest BCUT2D eigenvalue weighted by Crippen LogP contribution is -2.40. The van der Waals surface area contributed by atoms with Crippen molar-refractivity contribution >= 4 is 5.91 Å². The smallest absolute Gasteiger partial charge is 0.243 e. The van der Waals surface area contributed by atoms with E-state index in [0.29, 0.717) is 0 Å². The van der Waals surface area contributed by atoms with Crippen molar-refractivity contribution in [2.45, 2.75) is 31.8 Å². The Morgan fingerprint density at radius 2 is 1.85 bits per heavy atom. The second kappa shape index (κ2) is 7.74. The lowest BCUT2D eigenvalue weighted by molar-refractivity contribution is -0.135. The van der Waals surface area contributed by atoms with Crippen LogP contribution in [-0.2, 0) is 11.3 Å². The SMILES string of the molecule is O=C(Cn1ccnc1-c1ccccc1)N1CCCC[C@H]1c1ccc(F)cc1. The minimum Gasteiger partial charge on any atom is -0.334 e. The third-order valence-electron chi connectivity index (χ3n) is 5.13. The molecule has 0 saturated carbocycles. The van der Waals surface area contributed by atoms with Crippen LogP contribution >= 0.6 is 0 Å². The highest BCUT2D eigenvalue weighted by molar-refractivity contribution is 5.77. The Balaban J connectivity index is 1.55. The highest BCUT2D eigenvalue weighted by Crippen LogP contribution is 2.31. The monoisotopic (exact) mass is 363 g/mol. The number of hydrogen-bond acceptors (Lipinski definition) is 2. The molecule has 138 valence electrons. The van der Waals surface area contributed by atoms with Crippen LogP contribution < -0.4 is 0 Å². The molecule has 0 N–H and O–H groups in total. The number of hydrogen-bond donors (Lipinski definition) is 0. The molecule has 1 atom stereocenters. The summed E-state index contributed by atoms with van der Waals surface area (Å²) in [6.07, 6.45) is 6.55. The average Bonchev–Trinajstić information content (AvgIpc) is 3.17. The maximum Gasteiger partial charge on any atom is 0.243 e. The molecule has 1 aliphatic rings. The van der Waals surface area contributed by atoms with Gasteiger partial charge >= 0.3 is 0 Å². The number of rotatable bonds is 4. The molecule has 0 bridgehead atoms. The molecule has 3 aromatic rings. The molecule has 0 radical (unpaired) electrons. The lowest BCUT2D eigenvalue weighted by Gasteiger charge is -2.36. The number of likely N-dealkylation sites (tertiary alicyclic amines) is 1. The van der Waals surface area contributed by atoms with Crippen LogP contribution in [-0.4, -0.2) is 26.9 Å². The van der Waals surface area contributed by atoms with E-state index in [1.54, 1.807) is 18.3 Å². The zero-order valence-corrected chi connectivity index (χ0v) is 15.1. The van der Waals surface area contributed by atoms with Crippen LogP contribution in [0.4, 0.5) is 4.39 Å². The van der Waals surface area contributed by atoms with Gasteiger partial charge in [-0.2, -0.15) is 0 Å². The van der Waals surface area contributed by atoms with Crippen molar-refractivity contribution in [1.82, 2.24) is 14.5 Å². The summed E-state index contributed by atoms with van der Waals surface area (Å²) in [7, 11) is 0. The molecule has 1 aromatic heterocycles. The van der Waals surface area contributed by atoms with Gasteiger partial charge in [-0.05, 0) is 37.0 Å². The molecule has 1 saturated heterocycles. The van der Waals surface area contributed by atoms with E-state index in [9.17, 15) is 9.18 Å². The Morgan fingerprint density at radius 3 is 2.63 bits per heavy atom. The fourth-order valence-corrected chi connectivity index (χ4v) is 3.78. The number of amides is 1. The van der Waals surface area contributed by atoms with Gasteiger partial charge in [-0.1, -0.05) is 42.5 Å². The number of piperidine rings is 1. The molecule has 27 heavy (non-hydrogen) atoms. The number of aromatic nitrogens is 2. The standard InChI is InChI=1S/C22H22FN3O/c23-19-11-9-17(10-12-19)20-8-4-5-14-26(20)21(27)16-25-15-13-24-22(25)18-6-2-1-3-7-18/h1-3,6-7,9-13,15,20H,4-5,8,14,16H2/t20-/m0/s1. The van der Waals surface area contributed by atoms with Crippen LogP contribution in [0.15, 0.2) is 67.0 Å². The molecule has 4 nitrogen and oxygen atoms in total. The van der Waals surface area contributed by atoms with Crippen molar-refractivity contribution in [3.63, 3.8) is 0 Å². The van der Waals surface area contributed by atoms with Crippen LogP contribution in [0.3, 0.4) is 0 Å². The second-order valence-electron chi connectivity index (χ2n) is 6.90. The first-order chi connectivity index (χ1) is 13.2. The summed E-state index contributed by atoms with van der Waals surface area (Å²) in [5, 5.41) is 0. The predicted molar refractivity (Wildman–Crippen MR) is 102 cm³/mol. The van der Waals surface area contributed by atoms with Crippen LogP contribution in [0.2, 0.25) is 0 Å². The van der Waals surface area contributed by atoms with Gasteiger partial charge in [0.05, 0.1) is 6.04 Å². The molecule has 4 rings (SSSR count). The average molecular weight is 363 g/mol. The molecule has 2 aromatic carbocycles. The van der Waals surface area contributed by atoms with E-state index in [2.05, 4.69) is 4.98 Å². The summed E-state index contributed by atoms with van der Waals surface area (Å²) in [6, 6.07) is 16.4. The zero-order chi connectivity index (χ0) is 18.6. The molecule has 1 aliphatic heterocycles. The van der Waals surface area contributed by atoms with Gasteiger partial charge in [0.15, 0.2) is 0 Å². The van der Waals surface area contributed by atoms with Crippen molar-refractivity contribution in [3.05, 3.63) is 78.4 Å². The molecule has 1 amide bonds. The minimum absolute atomic E-state index is 0.00977. The van der Waals surface area contributed by atoms with Crippen LogP contribution in [0.25, 0.3) is 11.4 Å². The molecule has 0 aliphatic carbocycles. The van der Waals surface area contributed by atoms with E-state index in [-0.39, 0.29) is 24.3 Å². The summed E-state index contributed by atoms with van der Waals surface area (Å²) < 4.78 is 15.2. The first kappa shape index (κ1) is 17.5. The van der Waals surface area contributed by atoms with E-state index in [1.807, 2.05) is 46.0 Å².